The molecule has 178 valence electrons. The Morgan fingerprint density at radius 1 is 1.19 bits per heavy atom. The zero-order valence-corrected chi connectivity index (χ0v) is 17.9. The largest absolute Gasteiger partial charge is 0.401 e. The number of aromatic nitrogens is 2. The molecule has 1 aromatic heterocycles. The van der Waals surface area contributed by atoms with E-state index < -0.39 is 29.8 Å². The van der Waals surface area contributed by atoms with Crippen molar-refractivity contribution in [1.29, 1.82) is 0 Å². The monoisotopic (exact) mass is 458 g/mol. The number of nitrogens with one attached hydrogen (secondary N) is 1. The third-order valence-corrected chi connectivity index (χ3v) is 8.06. The van der Waals surface area contributed by atoms with E-state index in [0.29, 0.717) is 26.0 Å². The Morgan fingerprint density at radius 3 is 2.50 bits per heavy atom. The van der Waals surface area contributed by atoms with Gasteiger partial charge in [-0.15, -0.1) is 0 Å². The number of halogens is 3. The number of aliphatic hydroxyl groups is 1. The van der Waals surface area contributed by atoms with Crippen LogP contribution < -0.4 is 5.32 Å². The third-order valence-electron chi connectivity index (χ3n) is 8.06. The predicted molar refractivity (Wildman–Crippen MR) is 104 cm³/mol. The average Bonchev–Trinajstić information content (AvgIpc) is 3.43. The van der Waals surface area contributed by atoms with Crippen LogP contribution in [0.3, 0.4) is 0 Å². The molecule has 1 aliphatic carbocycles. The van der Waals surface area contributed by atoms with Crippen molar-refractivity contribution >= 4 is 5.91 Å². The van der Waals surface area contributed by atoms with E-state index in [2.05, 4.69) is 15.5 Å². The van der Waals surface area contributed by atoms with E-state index in [1.54, 1.807) is 0 Å². The van der Waals surface area contributed by atoms with Gasteiger partial charge in [0.05, 0.1) is 12.1 Å². The highest BCUT2D eigenvalue weighted by atomic mass is 19.4. The minimum absolute atomic E-state index is 0.0540. The van der Waals surface area contributed by atoms with Crippen molar-refractivity contribution < 1.29 is 32.3 Å². The van der Waals surface area contributed by atoms with Gasteiger partial charge < -0.3 is 24.6 Å². The first kappa shape index (κ1) is 22.1. The second-order valence-corrected chi connectivity index (χ2v) is 9.76. The first-order valence-corrected chi connectivity index (χ1v) is 11.5. The molecule has 3 aliphatic heterocycles. The van der Waals surface area contributed by atoms with Gasteiger partial charge in [0.25, 0.3) is 5.89 Å². The first-order chi connectivity index (χ1) is 15.2. The van der Waals surface area contributed by atoms with Gasteiger partial charge in [0.15, 0.2) is 5.82 Å². The van der Waals surface area contributed by atoms with Crippen LogP contribution in [0, 0.1) is 5.41 Å². The van der Waals surface area contributed by atoms with Crippen LogP contribution >= 0.6 is 0 Å². The van der Waals surface area contributed by atoms with Gasteiger partial charge >= 0.3 is 6.18 Å². The Hall–Kier alpha value is -1.72. The zero-order valence-electron chi connectivity index (χ0n) is 17.9. The number of carbonyl (C=O) groups is 1. The minimum Gasteiger partial charge on any atom is -0.392 e. The van der Waals surface area contributed by atoms with Crippen LogP contribution in [-0.2, 0) is 14.9 Å². The van der Waals surface area contributed by atoms with Crippen molar-refractivity contribution in [3.8, 4) is 0 Å². The molecule has 1 saturated carbocycles. The number of piperidine rings is 2. The molecular weight excluding hydrogens is 429 g/mol. The molecule has 0 aromatic carbocycles. The van der Waals surface area contributed by atoms with Gasteiger partial charge in [0.2, 0.25) is 5.91 Å². The van der Waals surface area contributed by atoms with Crippen LogP contribution in [0.5, 0.6) is 0 Å². The van der Waals surface area contributed by atoms with Gasteiger partial charge in [-0.3, -0.25) is 4.79 Å². The molecule has 8 nitrogen and oxygen atoms in total. The maximum absolute atomic E-state index is 14.2. The molecule has 3 saturated heterocycles. The summed E-state index contributed by atoms with van der Waals surface area (Å²) < 4.78 is 53.3. The van der Waals surface area contributed by atoms with Gasteiger partial charge in [-0.1, -0.05) is 11.6 Å². The fourth-order valence-electron chi connectivity index (χ4n) is 5.63. The molecule has 4 fully saturated rings. The smallest absolute Gasteiger partial charge is 0.392 e. The number of alkyl halides is 3. The molecule has 1 spiro atoms. The Bertz CT molecular complexity index is 842. The summed E-state index contributed by atoms with van der Waals surface area (Å²) in [4.78, 5) is 18.5. The molecule has 1 aromatic rings. The fraction of sp³-hybridized carbons (Fsp3) is 0.857. The molecule has 0 bridgehead atoms. The standard InChI is InChI=1S/C21H29F3N4O4/c22-21(23,24)20(18-26-16(32-27-18)14-3-1-10-31-14)6-8-28(9-7-20)17(30)13-11-15(29)19(12-25-13)4-2-5-19/h13-15,25,29H,1-12H2/t13-,14?,15+/m0/s1. The van der Waals surface area contributed by atoms with Gasteiger partial charge in [0.1, 0.15) is 11.5 Å². The van der Waals surface area contributed by atoms with Crippen LogP contribution in [0.2, 0.25) is 0 Å². The van der Waals surface area contributed by atoms with E-state index in [-0.39, 0.29) is 49.0 Å². The van der Waals surface area contributed by atoms with Gasteiger partial charge in [-0.2, -0.15) is 18.2 Å². The Morgan fingerprint density at radius 2 is 1.94 bits per heavy atom. The topological polar surface area (TPSA) is 101 Å². The maximum atomic E-state index is 14.2. The highest BCUT2D eigenvalue weighted by molar-refractivity contribution is 5.82. The van der Waals surface area contributed by atoms with Crippen molar-refractivity contribution in [2.24, 2.45) is 5.41 Å². The van der Waals surface area contributed by atoms with Crippen LogP contribution in [0.4, 0.5) is 13.2 Å². The van der Waals surface area contributed by atoms with Gasteiger partial charge in [-0.05, 0) is 44.9 Å². The van der Waals surface area contributed by atoms with Crippen molar-refractivity contribution in [3.63, 3.8) is 0 Å². The number of carbonyl (C=O) groups excluding carboxylic acids is 1. The number of hydrogen-bond acceptors (Lipinski definition) is 7. The molecule has 1 unspecified atom stereocenters. The molecule has 11 heteroatoms. The number of likely N-dealkylation sites (tertiary alicyclic amines) is 1. The SMILES string of the molecule is O=C([C@@H]1C[C@@H](O)C2(CCC2)CN1)N1CCC(c2noc(C3CCCO3)n2)(C(F)(F)F)CC1. The number of ether oxygens (including phenoxy) is 1. The van der Waals surface area contributed by atoms with Gasteiger partial charge in [-0.25, -0.2) is 0 Å². The summed E-state index contributed by atoms with van der Waals surface area (Å²) >= 11 is 0. The molecular formula is C21H29F3N4O4. The summed E-state index contributed by atoms with van der Waals surface area (Å²) in [6.45, 7) is 0.984. The van der Waals surface area contributed by atoms with Crippen molar-refractivity contribution in [3.05, 3.63) is 11.7 Å². The quantitative estimate of drug-likeness (QED) is 0.717. The number of amides is 1. The summed E-state index contributed by atoms with van der Waals surface area (Å²) in [5, 5.41) is 17.5. The highest BCUT2D eigenvalue weighted by Gasteiger charge is 2.60. The lowest BCUT2D eigenvalue weighted by Crippen LogP contribution is -2.62. The molecule has 4 aliphatic rings. The maximum Gasteiger partial charge on any atom is 0.401 e. The Kier molecular flexibility index (Phi) is 5.49. The third kappa shape index (κ3) is 3.52. The molecule has 4 heterocycles. The first-order valence-electron chi connectivity index (χ1n) is 11.5. The van der Waals surface area contributed by atoms with Gasteiger partial charge in [0, 0.05) is 31.7 Å². The Balaban J connectivity index is 1.27. The number of nitrogens with zero attached hydrogens (tertiary/aromatic N) is 3. The minimum atomic E-state index is -4.57. The van der Waals surface area contributed by atoms with E-state index in [9.17, 15) is 23.1 Å². The summed E-state index contributed by atoms with van der Waals surface area (Å²) in [5.41, 5.74) is -2.39. The fourth-order valence-corrected chi connectivity index (χ4v) is 5.63. The normalized spacial score (nSPS) is 32.1. The molecule has 1 amide bonds. The van der Waals surface area contributed by atoms with Crippen molar-refractivity contribution in [1.82, 2.24) is 20.4 Å². The molecule has 32 heavy (non-hydrogen) atoms. The number of hydrogen-bond donors (Lipinski definition) is 2. The number of rotatable bonds is 3. The summed E-state index contributed by atoms with van der Waals surface area (Å²) in [6, 6.07) is -0.564. The lowest BCUT2D eigenvalue weighted by Gasteiger charge is -2.51. The Labute approximate surface area is 183 Å². The molecule has 2 N–H and O–H groups in total. The highest BCUT2D eigenvalue weighted by Crippen LogP contribution is 2.49. The second-order valence-electron chi connectivity index (χ2n) is 9.76. The summed E-state index contributed by atoms with van der Waals surface area (Å²) in [7, 11) is 0. The summed E-state index contributed by atoms with van der Waals surface area (Å²) in [6.07, 6.45) is -1.53. The number of aliphatic hydroxyl groups excluding tert-OH is 1. The molecule has 0 radical (unpaired) electrons. The van der Waals surface area contributed by atoms with Crippen LogP contribution in [-0.4, -0.2) is 70.6 Å². The lowest BCUT2D eigenvalue weighted by molar-refractivity contribution is -0.206. The lowest BCUT2D eigenvalue weighted by atomic mass is 9.62. The van der Waals surface area contributed by atoms with E-state index >= 15 is 0 Å². The van der Waals surface area contributed by atoms with Crippen molar-refractivity contribution in [2.75, 3.05) is 26.2 Å². The molecule has 5 rings (SSSR count). The van der Waals surface area contributed by atoms with Crippen LogP contribution in [0.15, 0.2) is 4.52 Å². The van der Waals surface area contributed by atoms with Crippen LogP contribution in [0.1, 0.15) is 69.2 Å². The second kappa shape index (κ2) is 7.95. The van der Waals surface area contributed by atoms with E-state index in [4.69, 9.17) is 9.26 Å². The summed E-state index contributed by atoms with van der Waals surface area (Å²) in [5.74, 6) is -0.534. The van der Waals surface area contributed by atoms with E-state index in [0.717, 1.165) is 25.7 Å². The zero-order chi connectivity index (χ0) is 22.6. The van der Waals surface area contributed by atoms with Crippen molar-refractivity contribution in [2.45, 2.75) is 81.2 Å². The molecule has 3 atom stereocenters. The van der Waals surface area contributed by atoms with E-state index in [1.807, 2.05) is 0 Å². The average molecular weight is 458 g/mol. The predicted octanol–water partition coefficient (Wildman–Crippen LogP) is 2.24. The van der Waals surface area contributed by atoms with Crippen LogP contribution in [0.25, 0.3) is 0 Å². The van der Waals surface area contributed by atoms with E-state index in [1.165, 1.54) is 4.90 Å².